The Morgan fingerprint density at radius 3 is 2.39 bits per heavy atom. The number of hydrogen-bond donors (Lipinski definition) is 3. The van der Waals surface area contributed by atoms with Crippen molar-refractivity contribution in [3.63, 3.8) is 0 Å². The number of aromatic amines is 1. The number of carbonyl (C=O) groups excluding carboxylic acids is 2. The lowest BCUT2D eigenvalue weighted by atomic mass is 10.1. The monoisotopic (exact) mass is 482 g/mol. The first-order valence-corrected chi connectivity index (χ1v) is 13.0. The molecule has 0 radical (unpaired) electrons. The summed E-state index contributed by atoms with van der Waals surface area (Å²) in [7, 11) is -3.56. The molecule has 0 aliphatic carbocycles. The van der Waals surface area contributed by atoms with E-state index in [-0.39, 0.29) is 30.8 Å². The number of furan rings is 1. The molecule has 184 valence electrons. The second-order valence-electron chi connectivity index (χ2n) is 8.36. The summed E-state index contributed by atoms with van der Waals surface area (Å²) in [5.74, 6) is -0.720. The minimum Gasteiger partial charge on any atom is -0.466 e. The topological polar surface area (TPSA) is 150 Å². The maximum absolute atomic E-state index is 14.1. The molecular formula is C22H35N4O6P. The van der Waals surface area contributed by atoms with Gasteiger partial charge in [-0.15, -0.1) is 0 Å². The third kappa shape index (κ3) is 6.95. The first kappa shape index (κ1) is 26.7. The van der Waals surface area contributed by atoms with Gasteiger partial charge in [-0.05, 0) is 45.2 Å². The van der Waals surface area contributed by atoms with Gasteiger partial charge in [-0.3, -0.25) is 14.2 Å². The fourth-order valence-corrected chi connectivity index (χ4v) is 6.05. The quantitative estimate of drug-likeness (QED) is 0.306. The van der Waals surface area contributed by atoms with Crippen molar-refractivity contribution in [2.24, 2.45) is 11.8 Å². The molecule has 0 spiro atoms. The normalized spacial score (nSPS) is 15.1. The highest BCUT2D eigenvalue weighted by atomic mass is 31.2. The summed E-state index contributed by atoms with van der Waals surface area (Å²) in [5.41, 5.74) is 7.34. The molecule has 0 amide bonds. The van der Waals surface area contributed by atoms with Crippen LogP contribution in [-0.2, 0) is 30.0 Å². The molecule has 3 atom stereocenters. The van der Waals surface area contributed by atoms with Crippen molar-refractivity contribution in [3.05, 3.63) is 17.8 Å². The molecule has 0 fully saturated rings. The van der Waals surface area contributed by atoms with Gasteiger partial charge in [0, 0.05) is 11.9 Å². The summed E-state index contributed by atoms with van der Waals surface area (Å²) >= 11 is 0. The van der Waals surface area contributed by atoms with Gasteiger partial charge in [0.15, 0.2) is 17.2 Å². The molecule has 0 aliphatic rings. The van der Waals surface area contributed by atoms with Crippen LogP contribution in [0.15, 0.2) is 16.5 Å². The van der Waals surface area contributed by atoms with E-state index in [1.807, 2.05) is 0 Å². The first-order chi connectivity index (χ1) is 15.5. The van der Waals surface area contributed by atoms with Gasteiger partial charge in [-0.25, -0.2) is 10.1 Å². The van der Waals surface area contributed by atoms with Crippen LogP contribution < -0.4 is 16.3 Å². The number of nitrogens with two attached hydrogens (primary N) is 1. The number of anilines is 1. The number of hydrogen-bond acceptors (Lipinski definition) is 8. The molecule has 11 heteroatoms. The van der Waals surface area contributed by atoms with Crippen LogP contribution in [0.25, 0.3) is 11.5 Å². The lowest BCUT2D eigenvalue weighted by Crippen LogP contribution is -2.38. The van der Waals surface area contributed by atoms with E-state index in [1.165, 1.54) is 0 Å². The van der Waals surface area contributed by atoms with Gasteiger partial charge in [-0.2, -0.15) is 0 Å². The van der Waals surface area contributed by atoms with Crippen molar-refractivity contribution in [2.75, 3.05) is 25.1 Å². The van der Waals surface area contributed by atoms with Crippen molar-refractivity contribution in [1.82, 2.24) is 15.1 Å². The van der Waals surface area contributed by atoms with Crippen LogP contribution in [-0.4, -0.2) is 47.3 Å². The molecular weight excluding hydrogens is 447 g/mol. The largest absolute Gasteiger partial charge is 0.466 e. The minimum atomic E-state index is -3.56. The molecule has 2 aromatic heterocycles. The molecule has 0 aliphatic heterocycles. The van der Waals surface area contributed by atoms with E-state index in [2.05, 4.69) is 28.9 Å². The zero-order valence-electron chi connectivity index (χ0n) is 20.1. The molecule has 2 rings (SSSR count). The maximum Gasteiger partial charge on any atom is 0.323 e. The summed E-state index contributed by atoms with van der Waals surface area (Å²) in [6.07, 6.45) is 0.606. The van der Waals surface area contributed by atoms with Crippen LogP contribution >= 0.6 is 7.29 Å². The predicted octanol–water partition coefficient (Wildman–Crippen LogP) is 3.09. The van der Waals surface area contributed by atoms with Gasteiger partial charge in [0.1, 0.15) is 11.7 Å². The number of ether oxygens (including phenoxy) is 2. The average Bonchev–Trinajstić information content (AvgIpc) is 3.34. The summed E-state index contributed by atoms with van der Waals surface area (Å²) in [4.78, 5) is 31.8. The lowest BCUT2D eigenvalue weighted by molar-refractivity contribution is -0.146. The highest BCUT2D eigenvalue weighted by Gasteiger charge is 2.37. The van der Waals surface area contributed by atoms with Crippen LogP contribution in [0.1, 0.15) is 47.2 Å². The van der Waals surface area contributed by atoms with Gasteiger partial charge in [0.25, 0.3) is 0 Å². The van der Waals surface area contributed by atoms with Crippen molar-refractivity contribution in [2.45, 2.75) is 54.0 Å². The van der Waals surface area contributed by atoms with E-state index < -0.39 is 31.2 Å². The Morgan fingerprint density at radius 2 is 1.79 bits per heavy atom. The second-order valence-corrected chi connectivity index (χ2v) is 10.9. The zero-order valence-corrected chi connectivity index (χ0v) is 21.0. The molecule has 10 nitrogen and oxygen atoms in total. The van der Waals surface area contributed by atoms with Gasteiger partial charge < -0.3 is 24.6 Å². The number of nitrogen functional groups attached to an aromatic ring is 1. The number of esters is 2. The fourth-order valence-electron chi connectivity index (χ4n) is 3.42. The van der Waals surface area contributed by atoms with Crippen LogP contribution in [0.4, 0.5) is 5.95 Å². The molecule has 0 aromatic carbocycles. The van der Waals surface area contributed by atoms with E-state index in [4.69, 9.17) is 19.6 Å². The smallest absolute Gasteiger partial charge is 0.323 e. The molecule has 4 N–H and O–H groups in total. The summed E-state index contributed by atoms with van der Waals surface area (Å²) in [5, 5.41) is 2.87. The number of nitrogens with one attached hydrogen (secondary N) is 2. The number of carbonyl (C=O) groups is 2. The second kappa shape index (κ2) is 11.5. The predicted molar refractivity (Wildman–Crippen MR) is 126 cm³/mol. The molecule has 33 heavy (non-hydrogen) atoms. The van der Waals surface area contributed by atoms with E-state index in [0.717, 1.165) is 5.69 Å². The van der Waals surface area contributed by atoms with Crippen molar-refractivity contribution >= 4 is 30.7 Å². The lowest BCUT2D eigenvalue weighted by Gasteiger charge is -2.23. The third-order valence-electron chi connectivity index (χ3n) is 4.85. The van der Waals surface area contributed by atoms with E-state index in [9.17, 15) is 14.2 Å². The van der Waals surface area contributed by atoms with Gasteiger partial charge in [0.2, 0.25) is 7.29 Å². The average molecular weight is 483 g/mol. The maximum atomic E-state index is 14.1. The van der Waals surface area contributed by atoms with Gasteiger partial charge in [-0.1, -0.05) is 20.8 Å². The van der Waals surface area contributed by atoms with Crippen LogP contribution in [0, 0.1) is 11.8 Å². The zero-order chi connectivity index (χ0) is 24.8. The van der Waals surface area contributed by atoms with Crippen LogP contribution in [0.5, 0.6) is 0 Å². The van der Waals surface area contributed by atoms with Crippen LogP contribution in [0.3, 0.4) is 0 Å². The molecule has 0 bridgehead atoms. The minimum absolute atomic E-state index is 0.0932. The summed E-state index contributed by atoms with van der Waals surface area (Å²) < 4.78 is 30.2. The number of rotatable bonds is 12. The number of H-pyrrole nitrogens is 1. The molecule has 0 saturated carbocycles. The molecule has 1 unspecified atom stereocenters. The number of nitrogens with zero attached hydrogens (tertiary/aromatic N) is 1. The summed E-state index contributed by atoms with van der Waals surface area (Å²) in [6.45, 7) is 11.1. The van der Waals surface area contributed by atoms with Gasteiger partial charge in [0.05, 0.1) is 19.1 Å². The van der Waals surface area contributed by atoms with Crippen molar-refractivity contribution in [1.29, 1.82) is 0 Å². The molecule has 2 heterocycles. The Bertz CT molecular complexity index is 969. The number of imidazole rings is 1. The van der Waals surface area contributed by atoms with E-state index in [1.54, 1.807) is 39.8 Å². The molecule has 2 aromatic rings. The Labute approximate surface area is 194 Å². The first-order valence-electron chi connectivity index (χ1n) is 11.2. The number of aromatic nitrogens is 2. The highest BCUT2D eigenvalue weighted by Crippen LogP contribution is 2.44. The van der Waals surface area contributed by atoms with Crippen molar-refractivity contribution < 1.29 is 28.0 Å². The SMILES string of the molecule is CCOC(=O)[C@H](C)CP(=O)(N[C@@H](C)C(=O)OCC)c1ccc(-c2nc(N)[nH]c2CC(C)C)o1. The van der Waals surface area contributed by atoms with E-state index in [0.29, 0.717) is 23.8 Å². The molecule has 0 saturated heterocycles. The Morgan fingerprint density at radius 1 is 1.15 bits per heavy atom. The third-order valence-corrected chi connectivity index (χ3v) is 7.67. The standard InChI is InChI=1S/C22H35N4O6P/c1-7-30-20(27)14(5)12-33(29,26-15(6)21(28)31-8-2)18-10-9-17(32-18)19-16(11-13(3)4)24-22(23)25-19/h9-10,13-15H,7-8,11-12H2,1-6H3,(H,26,29)(H3,23,24,25)/t14-,15+,33?/m1/s1. The Balaban J connectivity index is 2.42. The highest BCUT2D eigenvalue weighted by molar-refractivity contribution is 7.69. The van der Waals surface area contributed by atoms with Gasteiger partial charge >= 0.3 is 11.9 Å². The summed E-state index contributed by atoms with van der Waals surface area (Å²) in [6, 6.07) is 2.35. The Kier molecular flexibility index (Phi) is 9.31. The van der Waals surface area contributed by atoms with Crippen molar-refractivity contribution in [3.8, 4) is 11.5 Å². The van der Waals surface area contributed by atoms with E-state index >= 15 is 0 Å². The van der Waals surface area contributed by atoms with Crippen LogP contribution in [0.2, 0.25) is 0 Å². The fraction of sp³-hybridized carbons (Fsp3) is 0.591. The Hall–Kier alpha value is -2.58.